The Labute approximate surface area is 118 Å². The van der Waals surface area contributed by atoms with Crippen LogP contribution in [0.15, 0.2) is 42.7 Å². The molecule has 0 unspecified atom stereocenters. The Hall–Kier alpha value is -2.14. The highest BCUT2D eigenvalue weighted by atomic mass is 16.1. The third kappa shape index (κ3) is 3.05. The van der Waals surface area contributed by atoms with Gasteiger partial charge in [0.1, 0.15) is 0 Å². The summed E-state index contributed by atoms with van der Waals surface area (Å²) in [5, 5.41) is 10.3. The van der Waals surface area contributed by atoms with Gasteiger partial charge in [-0.25, -0.2) is 0 Å². The molecule has 0 saturated carbocycles. The van der Waals surface area contributed by atoms with E-state index in [9.17, 15) is 4.79 Å². The molecule has 20 heavy (non-hydrogen) atoms. The fourth-order valence-electron chi connectivity index (χ4n) is 2.17. The molecule has 5 heteroatoms. The van der Waals surface area contributed by atoms with Gasteiger partial charge in [0.25, 0.3) is 5.91 Å². The predicted molar refractivity (Wildman–Crippen MR) is 76.5 cm³/mol. The van der Waals surface area contributed by atoms with Crippen molar-refractivity contribution in [2.45, 2.75) is 6.54 Å². The number of carbonyl (C=O) groups is 1. The summed E-state index contributed by atoms with van der Waals surface area (Å²) in [5.41, 5.74) is 1.84. The normalized spacial score (nSPS) is 14.8. The minimum absolute atomic E-state index is 0.00235. The zero-order valence-electron chi connectivity index (χ0n) is 11.2. The molecule has 0 spiro atoms. The summed E-state index contributed by atoms with van der Waals surface area (Å²) in [6, 6.07) is 9.58. The average Bonchev–Trinajstić information content (AvgIpc) is 2.90. The molecule has 3 rings (SSSR count). The molecule has 1 aromatic heterocycles. The van der Waals surface area contributed by atoms with Crippen LogP contribution in [0.4, 0.5) is 0 Å². The van der Waals surface area contributed by atoms with Crippen molar-refractivity contribution < 1.29 is 4.79 Å². The van der Waals surface area contributed by atoms with Crippen LogP contribution in [0, 0.1) is 5.92 Å². The lowest BCUT2D eigenvalue weighted by Gasteiger charge is -2.27. The largest absolute Gasteiger partial charge is 0.352 e. The van der Waals surface area contributed by atoms with E-state index in [4.69, 9.17) is 0 Å². The minimum Gasteiger partial charge on any atom is -0.352 e. The lowest BCUT2D eigenvalue weighted by molar-refractivity contribution is 0.0942. The van der Waals surface area contributed by atoms with Crippen molar-refractivity contribution in [3.63, 3.8) is 0 Å². The van der Waals surface area contributed by atoms with E-state index >= 15 is 0 Å². The molecule has 0 atom stereocenters. The molecule has 2 aromatic rings. The monoisotopic (exact) mass is 270 g/mol. The van der Waals surface area contributed by atoms with Gasteiger partial charge in [-0.2, -0.15) is 5.10 Å². The number of nitrogens with one attached hydrogen (secondary N) is 2. The van der Waals surface area contributed by atoms with Gasteiger partial charge in [0.15, 0.2) is 0 Å². The second-order valence-corrected chi connectivity index (χ2v) is 5.13. The van der Waals surface area contributed by atoms with Crippen molar-refractivity contribution in [3.05, 3.63) is 53.9 Å². The summed E-state index contributed by atoms with van der Waals surface area (Å²) in [6.07, 6.45) is 3.68. The maximum atomic E-state index is 12.0. The Kier molecular flexibility index (Phi) is 3.78. The molecule has 1 fully saturated rings. The van der Waals surface area contributed by atoms with E-state index < -0.39 is 0 Å². The van der Waals surface area contributed by atoms with Crippen LogP contribution in [0.3, 0.4) is 0 Å². The summed E-state index contributed by atoms with van der Waals surface area (Å²) in [5.74, 6) is 0.584. The SMILES string of the molecule is O=C(NCC1CNC1)c1ccc(Cn2cccn2)cc1. The molecule has 0 aliphatic carbocycles. The second kappa shape index (κ2) is 5.88. The van der Waals surface area contributed by atoms with Crippen LogP contribution in [-0.2, 0) is 6.54 Å². The maximum absolute atomic E-state index is 12.0. The first-order valence-electron chi connectivity index (χ1n) is 6.86. The molecule has 1 amide bonds. The predicted octanol–water partition coefficient (Wildman–Crippen LogP) is 0.881. The summed E-state index contributed by atoms with van der Waals surface area (Å²) in [4.78, 5) is 12.0. The number of benzene rings is 1. The van der Waals surface area contributed by atoms with E-state index in [1.807, 2.05) is 41.2 Å². The highest BCUT2D eigenvalue weighted by molar-refractivity contribution is 5.94. The highest BCUT2D eigenvalue weighted by Gasteiger charge is 2.17. The molecule has 1 saturated heterocycles. The molecule has 1 aromatic carbocycles. The molecule has 0 radical (unpaired) electrons. The Bertz CT molecular complexity index is 558. The first kappa shape index (κ1) is 12.9. The summed E-state index contributed by atoms with van der Waals surface area (Å²) in [7, 11) is 0. The molecule has 1 aliphatic rings. The van der Waals surface area contributed by atoms with Crippen LogP contribution in [0.25, 0.3) is 0 Å². The number of carbonyl (C=O) groups excluding carboxylic acids is 1. The number of aromatic nitrogens is 2. The first-order chi connectivity index (χ1) is 9.81. The van der Waals surface area contributed by atoms with Crippen LogP contribution >= 0.6 is 0 Å². The summed E-state index contributed by atoms with van der Waals surface area (Å²) in [6.45, 7) is 3.48. The van der Waals surface area contributed by atoms with Crippen LogP contribution in [-0.4, -0.2) is 35.3 Å². The van der Waals surface area contributed by atoms with E-state index in [1.54, 1.807) is 6.20 Å². The zero-order valence-corrected chi connectivity index (χ0v) is 11.2. The van der Waals surface area contributed by atoms with Crippen molar-refractivity contribution in [1.29, 1.82) is 0 Å². The van der Waals surface area contributed by atoms with Gasteiger partial charge in [0.05, 0.1) is 6.54 Å². The van der Waals surface area contributed by atoms with Gasteiger partial charge in [-0.05, 0) is 23.8 Å². The van der Waals surface area contributed by atoms with Gasteiger partial charge in [-0.3, -0.25) is 9.48 Å². The van der Waals surface area contributed by atoms with Crippen LogP contribution < -0.4 is 10.6 Å². The number of amides is 1. The third-order valence-electron chi connectivity index (χ3n) is 3.54. The molecule has 2 N–H and O–H groups in total. The molecular weight excluding hydrogens is 252 g/mol. The molecule has 0 bridgehead atoms. The van der Waals surface area contributed by atoms with E-state index in [-0.39, 0.29) is 5.91 Å². The van der Waals surface area contributed by atoms with Gasteiger partial charge in [0.2, 0.25) is 0 Å². The van der Waals surface area contributed by atoms with E-state index in [0.717, 1.165) is 31.7 Å². The number of rotatable bonds is 5. The number of nitrogens with zero attached hydrogens (tertiary/aromatic N) is 2. The molecule has 2 heterocycles. The van der Waals surface area contributed by atoms with Crippen molar-refractivity contribution in [3.8, 4) is 0 Å². The van der Waals surface area contributed by atoms with Gasteiger partial charge in [-0.15, -0.1) is 0 Å². The lowest BCUT2D eigenvalue weighted by atomic mass is 10.0. The molecule has 104 valence electrons. The van der Waals surface area contributed by atoms with E-state index in [1.165, 1.54) is 0 Å². The Morgan fingerprint density at radius 3 is 2.75 bits per heavy atom. The smallest absolute Gasteiger partial charge is 0.251 e. The lowest BCUT2D eigenvalue weighted by Crippen LogP contribution is -2.48. The van der Waals surface area contributed by atoms with Crippen molar-refractivity contribution in [1.82, 2.24) is 20.4 Å². The highest BCUT2D eigenvalue weighted by Crippen LogP contribution is 2.07. The van der Waals surface area contributed by atoms with Crippen molar-refractivity contribution in [2.24, 2.45) is 5.92 Å². The van der Waals surface area contributed by atoms with Gasteiger partial charge in [-0.1, -0.05) is 12.1 Å². The van der Waals surface area contributed by atoms with Crippen molar-refractivity contribution >= 4 is 5.91 Å². The Balaban J connectivity index is 1.55. The quantitative estimate of drug-likeness (QED) is 0.848. The van der Waals surface area contributed by atoms with Crippen LogP contribution in [0.2, 0.25) is 0 Å². The zero-order chi connectivity index (χ0) is 13.8. The Morgan fingerprint density at radius 1 is 1.35 bits per heavy atom. The van der Waals surface area contributed by atoms with E-state index in [2.05, 4.69) is 15.7 Å². The molecule has 5 nitrogen and oxygen atoms in total. The van der Waals surface area contributed by atoms with Crippen molar-refractivity contribution in [2.75, 3.05) is 19.6 Å². The molecular formula is C15H18N4O. The maximum Gasteiger partial charge on any atom is 0.251 e. The fraction of sp³-hybridized carbons (Fsp3) is 0.333. The van der Waals surface area contributed by atoms with Crippen LogP contribution in [0.5, 0.6) is 0 Å². The fourth-order valence-corrected chi connectivity index (χ4v) is 2.17. The second-order valence-electron chi connectivity index (χ2n) is 5.13. The number of hydrogen-bond donors (Lipinski definition) is 2. The summed E-state index contributed by atoms with van der Waals surface area (Å²) < 4.78 is 1.86. The molecule has 1 aliphatic heterocycles. The third-order valence-corrected chi connectivity index (χ3v) is 3.54. The van der Waals surface area contributed by atoms with Gasteiger partial charge in [0, 0.05) is 43.5 Å². The summed E-state index contributed by atoms with van der Waals surface area (Å²) >= 11 is 0. The van der Waals surface area contributed by atoms with E-state index in [0.29, 0.717) is 11.5 Å². The topological polar surface area (TPSA) is 59.0 Å². The number of hydrogen-bond acceptors (Lipinski definition) is 3. The standard InChI is InChI=1S/C15H18N4O/c20-15(17-10-13-8-16-9-13)14-4-2-12(3-5-14)11-19-7-1-6-18-19/h1-7,13,16H,8-11H2,(H,17,20). The first-order valence-corrected chi connectivity index (χ1v) is 6.86. The average molecular weight is 270 g/mol. The van der Waals surface area contributed by atoms with Crippen LogP contribution in [0.1, 0.15) is 15.9 Å². The van der Waals surface area contributed by atoms with Gasteiger partial charge < -0.3 is 10.6 Å². The Morgan fingerprint density at radius 2 is 2.15 bits per heavy atom. The minimum atomic E-state index is 0.00235. The van der Waals surface area contributed by atoms with Gasteiger partial charge >= 0.3 is 0 Å².